The fourth-order valence-corrected chi connectivity index (χ4v) is 1.37. The van der Waals surface area contributed by atoms with Crippen molar-refractivity contribution in [2.24, 2.45) is 5.84 Å². The Morgan fingerprint density at radius 1 is 1.24 bits per heavy atom. The van der Waals surface area contributed by atoms with Gasteiger partial charge in [-0.2, -0.15) is 4.98 Å². The van der Waals surface area contributed by atoms with Crippen molar-refractivity contribution >= 4 is 6.01 Å². The Morgan fingerprint density at radius 3 is 2.59 bits per heavy atom. The van der Waals surface area contributed by atoms with Gasteiger partial charge in [0.05, 0.1) is 14.2 Å². The van der Waals surface area contributed by atoms with Gasteiger partial charge < -0.3 is 14.0 Å². The van der Waals surface area contributed by atoms with Crippen LogP contribution in [-0.2, 0) is 0 Å². The summed E-state index contributed by atoms with van der Waals surface area (Å²) in [6, 6.07) is 5.46. The maximum atomic E-state index is 5.18. The Hall–Kier alpha value is -2.28. The molecule has 0 radical (unpaired) electrons. The number of nitrogens with one attached hydrogen (secondary N) is 1. The molecule has 7 heteroatoms. The average Bonchev–Trinajstić information content (AvgIpc) is 2.86. The summed E-state index contributed by atoms with van der Waals surface area (Å²) >= 11 is 0. The summed E-state index contributed by atoms with van der Waals surface area (Å²) in [5.74, 6) is 6.80. The minimum absolute atomic E-state index is 0.148. The molecule has 0 fully saturated rings. The van der Waals surface area contributed by atoms with Crippen molar-refractivity contribution in [2.75, 3.05) is 19.6 Å². The number of rotatable bonds is 4. The summed E-state index contributed by atoms with van der Waals surface area (Å²) in [5, 5.41) is 3.76. The molecule has 17 heavy (non-hydrogen) atoms. The van der Waals surface area contributed by atoms with Crippen LogP contribution in [0.3, 0.4) is 0 Å². The van der Waals surface area contributed by atoms with Crippen molar-refractivity contribution in [1.82, 2.24) is 10.1 Å². The highest BCUT2D eigenvalue weighted by Crippen LogP contribution is 2.31. The van der Waals surface area contributed by atoms with Crippen molar-refractivity contribution in [3.05, 3.63) is 18.2 Å². The zero-order valence-electron chi connectivity index (χ0n) is 9.43. The number of hydrazine groups is 1. The van der Waals surface area contributed by atoms with Crippen LogP contribution < -0.4 is 20.7 Å². The van der Waals surface area contributed by atoms with Gasteiger partial charge in [-0.1, -0.05) is 5.16 Å². The van der Waals surface area contributed by atoms with Gasteiger partial charge in [0.15, 0.2) is 11.5 Å². The number of anilines is 1. The van der Waals surface area contributed by atoms with Gasteiger partial charge >= 0.3 is 6.01 Å². The molecule has 0 atom stereocenters. The van der Waals surface area contributed by atoms with Crippen molar-refractivity contribution in [1.29, 1.82) is 0 Å². The van der Waals surface area contributed by atoms with Gasteiger partial charge in [-0.15, -0.1) is 0 Å². The molecular weight excluding hydrogens is 224 g/mol. The standard InChI is InChI=1S/C10H12N4O3/c1-15-7-4-3-6(5-8(7)16-2)9-12-10(13-11)17-14-9/h3-5H,11H2,1-2H3,(H,12,13,14). The van der Waals surface area contributed by atoms with E-state index >= 15 is 0 Å². The number of ether oxygens (including phenoxy) is 2. The van der Waals surface area contributed by atoms with E-state index < -0.39 is 0 Å². The molecule has 0 aliphatic carbocycles. The summed E-state index contributed by atoms with van der Waals surface area (Å²) in [5.41, 5.74) is 3.02. The molecular formula is C10H12N4O3. The quantitative estimate of drug-likeness (QED) is 0.604. The van der Waals surface area contributed by atoms with Gasteiger partial charge in [0.25, 0.3) is 0 Å². The second-order valence-corrected chi connectivity index (χ2v) is 3.14. The molecule has 0 aliphatic rings. The number of benzene rings is 1. The van der Waals surface area contributed by atoms with Gasteiger partial charge in [-0.25, -0.2) is 5.84 Å². The van der Waals surface area contributed by atoms with E-state index in [9.17, 15) is 0 Å². The Bertz CT molecular complexity index is 512. The minimum atomic E-state index is 0.148. The largest absolute Gasteiger partial charge is 0.493 e. The molecule has 1 aromatic carbocycles. The predicted octanol–water partition coefficient (Wildman–Crippen LogP) is 1.04. The van der Waals surface area contributed by atoms with Crippen molar-refractivity contribution in [3.63, 3.8) is 0 Å². The van der Waals surface area contributed by atoms with E-state index in [-0.39, 0.29) is 6.01 Å². The number of aromatic nitrogens is 2. The van der Waals surface area contributed by atoms with Crippen LogP contribution in [0.25, 0.3) is 11.4 Å². The van der Waals surface area contributed by atoms with Crippen LogP contribution in [0, 0.1) is 0 Å². The molecule has 3 N–H and O–H groups in total. The van der Waals surface area contributed by atoms with E-state index in [1.807, 2.05) is 0 Å². The summed E-state index contributed by atoms with van der Waals surface area (Å²) in [6.07, 6.45) is 0. The van der Waals surface area contributed by atoms with E-state index in [4.69, 9.17) is 19.8 Å². The molecule has 0 saturated carbocycles. The molecule has 0 bridgehead atoms. The molecule has 0 amide bonds. The Labute approximate surface area is 97.5 Å². The number of nitrogens with two attached hydrogens (primary N) is 1. The Morgan fingerprint density at radius 2 is 2.00 bits per heavy atom. The van der Waals surface area contributed by atoms with Crippen molar-refractivity contribution in [3.8, 4) is 22.9 Å². The SMILES string of the molecule is COc1ccc(-c2noc(NN)n2)cc1OC. The second kappa shape index (κ2) is 4.71. The lowest BCUT2D eigenvalue weighted by atomic mass is 10.2. The molecule has 0 aliphatic heterocycles. The fraction of sp³-hybridized carbons (Fsp3) is 0.200. The van der Waals surface area contributed by atoms with Crippen molar-refractivity contribution < 1.29 is 14.0 Å². The number of methoxy groups -OCH3 is 2. The highest BCUT2D eigenvalue weighted by Gasteiger charge is 2.11. The lowest BCUT2D eigenvalue weighted by Gasteiger charge is -2.07. The average molecular weight is 236 g/mol. The van der Waals surface area contributed by atoms with Gasteiger partial charge in [0.2, 0.25) is 5.82 Å². The summed E-state index contributed by atoms with van der Waals surface area (Å²) in [6.45, 7) is 0. The zero-order chi connectivity index (χ0) is 12.3. The van der Waals surface area contributed by atoms with Crippen LogP contribution in [0.4, 0.5) is 6.01 Å². The van der Waals surface area contributed by atoms with Crippen LogP contribution in [-0.4, -0.2) is 24.4 Å². The van der Waals surface area contributed by atoms with Crippen LogP contribution in [0.2, 0.25) is 0 Å². The molecule has 90 valence electrons. The normalized spacial score (nSPS) is 10.1. The summed E-state index contributed by atoms with van der Waals surface area (Å²) in [4.78, 5) is 4.02. The van der Waals surface area contributed by atoms with E-state index in [2.05, 4.69) is 15.6 Å². The number of nitrogens with zero attached hydrogens (tertiary/aromatic N) is 2. The number of hydrogen-bond donors (Lipinski definition) is 2. The Balaban J connectivity index is 2.38. The molecule has 2 rings (SSSR count). The van der Waals surface area contributed by atoms with Crippen molar-refractivity contribution in [2.45, 2.75) is 0 Å². The fourth-order valence-electron chi connectivity index (χ4n) is 1.37. The zero-order valence-corrected chi connectivity index (χ0v) is 9.43. The third-order valence-electron chi connectivity index (χ3n) is 2.19. The molecule has 0 unspecified atom stereocenters. The first kappa shape index (κ1) is 11.2. The maximum absolute atomic E-state index is 5.18. The molecule has 0 spiro atoms. The lowest BCUT2D eigenvalue weighted by molar-refractivity contribution is 0.355. The molecule has 1 aromatic heterocycles. The highest BCUT2D eigenvalue weighted by atomic mass is 16.5. The van der Waals surface area contributed by atoms with Gasteiger partial charge in [0, 0.05) is 5.56 Å². The van der Waals surface area contributed by atoms with E-state index in [0.717, 1.165) is 5.56 Å². The van der Waals surface area contributed by atoms with Crippen LogP contribution in [0.15, 0.2) is 22.7 Å². The minimum Gasteiger partial charge on any atom is -0.493 e. The van der Waals surface area contributed by atoms with E-state index in [1.54, 1.807) is 32.4 Å². The molecule has 0 saturated heterocycles. The maximum Gasteiger partial charge on any atom is 0.335 e. The smallest absolute Gasteiger partial charge is 0.335 e. The highest BCUT2D eigenvalue weighted by molar-refractivity contribution is 5.61. The predicted molar refractivity (Wildman–Crippen MR) is 60.6 cm³/mol. The third kappa shape index (κ3) is 2.13. The van der Waals surface area contributed by atoms with Gasteiger partial charge in [-0.05, 0) is 18.2 Å². The first-order chi connectivity index (χ1) is 8.28. The molecule has 1 heterocycles. The second-order valence-electron chi connectivity index (χ2n) is 3.14. The first-order valence-electron chi connectivity index (χ1n) is 4.81. The van der Waals surface area contributed by atoms with Crippen LogP contribution in [0.1, 0.15) is 0 Å². The Kier molecular flexibility index (Phi) is 3.10. The van der Waals surface area contributed by atoms with Crippen LogP contribution in [0.5, 0.6) is 11.5 Å². The lowest BCUT2D eigenvalue weighted by Crippen LogP contribution is -2.06. The number of nitrogen functional groups attached to an aromatic ring is 1. The van der Waals surface area contributed by atoms with Gasteiger partial charge in [0.1, 0.15) is 0 Å². The van der Waals surface area contributed by atoms with E-state index in [0.29, 0.717) is 17.3 Å². The topological polar surface area (TPSA) is 95.4 Å². The number of hydrogen-bond acceptors (Lipinski definition) is 7. The summed E-state index contributed by atoms with van der Waals surface area (Å²) < 4.78 is 15.1. The van der Waals surface area contributed by atoms with E-state index in [1.165, 1.54) is 0 Å². The third-order valence-corrected chi connectivity index (χ3v) is 2.19. The van der Waals surface area contributed by atoms with Crippen LogP contribution >= 0.6 is 0 Å². The first-order valence-corrected chi connectivity index (χ1v) is 4.81. The molecule has 2 aromatic rings. The summed E-state index contributed by atoms with van der Waals surface area (Å²) in [7, 11) is 3.13. The monoisotopic (exact) mass is 236 g/mol. The van der Waals surface area contributed by atoms with Gasteiger partial charge in [-0.3, -0.25) is 5.43 Å². The molecule has 7 nitrogen and oxygen atoms in total.